The van der Waals surface area contributed by atoms with Gasteiger partial charge in [-0.15, -0.1) is 0 Å². The Morgan fingerprint density at radius 2 is 1.48 bits per heavy atom. The van der Waals surface area contributed by atoms with E-state index in [0.717, 1.165) is 53.1 Å². The second kappa shape index (κ2) is 15.6. The molecule has 0 spiro atoms. The maximum absolute atomic E-state index is 15.2. The molecule has 1 atom stereocenters. The molecule has 0 aromatic heterocycles. The third-order valence-electron chi connectivity index (χ3n) is 9.03. The minimum atomic E-state index is -4.23. The molecule has 48 heavy (non-hydrogen) atoms. The largest absolute Gasteiger partial charge is 0.352 e. The van der Waals surface area contributed by atoms with Crippen LogP contribution in [0.1, 0.15) is 59.9 Å². The van der Waals surface area contributed by atoms with Crippen molar-refractivity contribution in [2.75, 3.05) is 10.8 Å². The lowest BCUT2D eigenvalue weighted by molar-refractivity contribution is -0.140. The number of carbonyl (C=O) groups is 2. The van der Waals surface area contributed by atoms with Gasteiger partial charge in [-0.25, -0.2) is 12.8 Å². The minimum Gasteiger partial charge on any atom is -0.352 e. The number of halogens is 1. The molecule has 1 N–H and O–H groups in total. The molecule has 0 radical (unpaired) electrons. The van der Waals surface area contributed by atoms with Crippen LogP contribution in [-0.2, 0) is 32.6 Å². The summed E-state index contributed by atoms with van der Waals surface area (Å²) in [6.45, 7) is 4.78. The van der Waals surface area contributed by atoms with Crippen LogP contribution >= 0.6 is 0 Å². The quantitative estimate of drug-likeness (QED) is 0.176. The molecule has 0 aliphatic heterocycles. The number of anilines is 1. The lowest BCUT2D eigenvalue weighted by Crippen LogP contribution is -2.55. The van der Waals surface area contributed by atoms with Gasteiger partial charge in [-0.1, -0.05) is 103 Å². The second-order valence-electron chi connectivity index (χ2n) is 12.8. The summed E-state index contributed by atoms with van der Waals surface area (Å²) in [4.78, 5) is 30.3. The molecule has 9 heteroatoms. The van der Waals surface area contributed by atoms with Crippen LogP contribution in [0.25, 0.3) is 0 Å². The molecule has 0 unspecified atom stereocenters. The minimum absolute atomic E-state index is 0.0245. The van der Waals surface area contributed by atoms with E-state index in [9.17, 15) is 18.0 Å². The first-order chi connectivity index (χ1) is 23.0. The highest BCUT2D eigenvalue weighted by Gasteiger charge is 2.36. The summed E-state index contributed by atoms with van der Waals surface area (Å²) in [5.41, 5.74) is 3.92. The molecule has 1 aliphatic carbocycles. The van der Waals surface area contributed by atoms with Crippen LogP contribution in [-0.4, -0.2) is 43.8 Å². The number of hydrogen-bond donors (Lipinski definition) is 1. The Kier molecular flexibility index (Phi) is 11.3. The van der Waals surface area contributed by atoms with Gasteiger partial charge in [0.15, 0.2) is 0 Å². The van der Waals surface area contributed by atoms with Crippen LogP contribution in [0.4, 0.5) is 10.1 Å². The number of carbonyl (C=O) groups excluding carboxylic acids is 2. The van der Waals surface area contributed by atoms with E-state index in [0.29, 0.717) is 11.3 Å². The highest BCUT2D eigenvalue weighted by Crippen LogP contribution is 2.29. The molecule has 1 aliphatic rings. The van der Waals surface area contributed by atoms with Gasteiger partial charge >= 0.3 is 0 Å². The van der Waals surface area contributed by atoms with Crippen molar-refractivity contribution in [1.29, 1.82) is 0 Å². The highest BCUT2D eigenvalue weighted by molar-refractivity contribution is 7.92. The van der Waals surface area contributed by atoms with Crippen molar-refractivity contribution in [1.82, 2.24) is 10.2 Å². The van der Waals surface area contributed by atoms with Crippen molar-refractivity contribution < 1.29 is 22.4 Å². The van der Waals surface area contributed by atoms with Crippen LogP contribution in [0.3, 0.4) is 0 Å². The van der Waals surface area contributed by atoms with Crippen molar-refractivity contribution in [3.63, 3.8) is 0 Å². The number of nitrogens with zero attached hydrogens (tertiary/aromatic N) is 2. The van der Waals surface area contributed by atoms with E-state index in [-0.39, 0.29) is 35.4 Å². The van der Waals surface area contributed by atoms with Crippen molar-refractivity contribution in [3.8, 4) is 0 Å². The molecule has 4 aromatic carbocycles. The summed E-state index contributed by atoms with van der Waals surface area (Å²) < 4.78 is 45.0. The van der Waals surface area contributed by atoms with E-state index in [1.165, 1.54) is 23.1 Å². The fraction of sp³-hybridized carbons (Fsp3) is 0.333. The van der Waals surface area contributed by atoms with Crippen molar-refractivity contribution in [3.05, 3.63) is 131 Å². The molecule has 1 fully saturated rings. The average molecular weight is 670 g/mol. The van der Waals surface area contributed by atoms with Crippen LogP contribution in [0.5, 0.6) is 0 Å². The molecule has 2 amide bonds. The molecule has 0 saturated heterocycles. The summed E-state index contributed by atoms with van der Waals surface area (Å²) in [7, 11) is -4.23. The van der Waals surface area contributed by atoms with Gasteiger partial charge in [0.25, 0.3) is 10.0 Å². The molecular formula is C39H44FN3O4S. The van der Waals surface area contributed by atoms with Gasteiger partial charge in [0.2, 0.25) is 11.8 Å². The number of nitrogens with one attached hydrogen (secondary N) is 1. The van der Waals surface area contributed by atoms with E-state index in [1.54, 1.807) is 49.4 Å². The number of aryl methyl sites for hydroxylation is 3. The molecule has 4 aromatic rings. The first-order valence-corrected chi connectivity index (χ1v) is 18.0. The monoisotopic (exact) mass is 669 g/mol. The van der Waals surface area contributed by atoms with E-state index < -0.39 is 34.3 Å². The van der Waals surface area contributed by atoms with Crippen molar-refractivity contribution in [2.24, 2.45) is 0 Å². The Labute approximate surface area is 283 Å². The Balaban J connectivity index is 1.59. The summed E-state index contributed by atoms with van der Waals surface area (Å²) in [6.07, 6.45) is 5.00. The van der Waals surface area contributed by atoms with Gasteiger partial charge in [0, 0.05) is 24.6 Å². The summed E-state index contributed by atoms with van der Waals surface area (Å²) >= 11 is 0. The smallest absolute Gasteiger partial charge is 0.264 e. The topological polar surface area (TPSA) is 86.8 Å². The highest BCUT2D eigenvalue weighted by atomic mass is 32.2. The van der Waals surface area contributed by atoms with Gasteiger partial charge in [0.05, 0.1) is 10.6 Å². The Morgan fingerprint density at radius 1 is 0.833 bits per heavy atom. The maximum atomic E-state index is 15.2. The van der Waals surface area contributed by atoms with E-state index in [2.05, 4.69) is 5.32 Å². The zero-order valence-electron chi connectivity index (χ0n) is 27.9. The standard InChI is InChI=1S/C39H44FN3O4S/c1-28-18-21-34(22-19-28)48(46,47)43(36-23-20-29(2)24-30(36)3)27-38(44)42(26-32-14-10-11-17-35(32)40)37(25-31-12-6-4-7-13-31)39(45)41-33-15-8-5-9-16-33/h4,6-7,10-14,17-24,33,37H,5,8-9,15-16,25-27H2,1-3H3,(H,41,45)/t37-/m0/s1. The average Bonchev–Trinajstić information content (AvgIpc) is 3.07. The number of sulfonamides is 1. The van der Waals surface area contributed by atoms with Gasteiger partial charge in [0.1, 0.15) is 18.4 Å². The predicted octanol–water partition coefficient (Wildman–Crippen LogP) is 7.04. The third kappa shape index (κ3) is 8.50. The van der Waals surface area contributed by atoms with Crippen LogP contribution in [0.15, 0.2) is 102 Å². The maximum Gasteiger partial charge on any atom is 0.264 e. The molecule has 5 rings (SSSR count). The summed E-state index contributed by atoms with van der Waals surface area (Å²) in [6, 6.07) is 26.3. The molecule has 1 saturated carbocycles. The van der Waals surface area contributed by atoms with E-state index in [1.807, 2.05) is 50.2 Å². The van der Waals surface area contributed by atoms with Crippen molar-refractivity contribution in [2.45, 2.75) is 82.8 Å². The molecule has 0 heterocycles. The van der Waals surface area contributed by atoms with Gasteiger partial charge in [-0.2, -0.15) is 0 Å². The van der Waals surface area contributed by atoms with Crippen molar-refractivity contribution >= 4 is 27.5 Å². The third-order valence-corrected chi connectivity index (χ3v) is 10.8. The number of hydrogen-bond acceptors (Lipinski definition) is 4. The molecule has 0 bridgehead atoms. The van der Waals surface area contributed by atoms with Crippen LogP contribution < -0.4 is 9.62 Å². The second-order valence-corrected chi connectivity index (χ2v) is 14.6. The fourth-order valence-corrected chi connectivity index (χ4v) is 7.82. The Hall–Kier alpha value is -4.50. The first-order valence-electron chi connectivity index (χ1n) is 16.6. The first kappa shape index (κ1) is 34.8. The van der Waals surface area contributed by atoms with Gasteiger partial charge < -0.3 is 10.2 Å². The SMILES string of the molecule is Cc1ccc(S(=O)(=O)N(CC(=O)N(Cc2ccccc2F)[C@@H](Cc2ccccc2)C(=O)NC2CCCCC2)c2ccc(C)cc2C)cc1. The lowest BCUT2D eigenvalue weighted by Gasteiger charge is -2.35. The van der Waals surface area contributed by atoms with Crippen LogP contribution in [0.2, 0.25) is 0 Å². The Morgan fingerprint density at radius 3 is 2.15 bits per heavy atom. The summed E-state index contributed by atoms with van der Waals surface area (Å²) in [5, 5.41) is 3.18. The lowest BCUT2D eigenvalue weighted by atomic mass is 9.94. The molecule has 7 nitrogen and oxygen atoms in total. The van der Waals surface area contributed by atoms with Crippen LogP contribution in [0, 0.1) is 26.6 Å². The van der Waals surface area contributed by atoms with Gasteiger partial charge in [-0.05, 0) is 69.0 Å². The molecule has 252 valence electrons. The zero-order valence-corrected chi connectivity index (χ0v) is 28.7. The van der Waals surface area contributed by atoms with E-state index >= 15 is 4.39 Å². The molecular weight excluding hydrogens is 626 g/mol. The zero-order chi connectivity index (χ0) is 34.3. The number of rotatable bonds is 12. The number of amides is 2. The van der Waals surface area contributed by atoms with Gasteiger partial charge in [-0.3, -0.25) is 13.9 Å². The normalized spacial score (nSPS) is 14.2. The Bertz CT molecular complexity index is 1820. The predicted molar refractivity (Wildman–Crippen MR) is 188 cm³/mol. The van der Waals surface area contributed by atoms with E-state index in [4.69, 9.17) is 0 Å². The number of benzene rings is 4. The fourth-order valence-electron chi connectivity index (χ4n) is 6.34. The summed E-state index contributed by atoms with van der Waals surface area (Å²) in [5.74, 6) is -1.47.